The Hall–Kier alpha value is -0.650. The zero-order valence-electron chi connectivity index (χ0n) is 7.95. The largest absolute Gasteiger partial charge is 0.465 e. The average molecular weight is 191 g/mol. The van der Waals surface area contributed by atoms with Crippen LogP contribution in [0.25, 0.3) is 0 Å². The fraction of sp³-hybridized carbons (Fsp3) is 0.875. The van der Waals surface area contributed by atoms with Crippen LogP contribution in [0.3, 0.4) is 0 Å². The van der Waals surface area contributed by atoms with Crippen LogP contribution in [0.4, 0.5) is 0 Å². The number of hydrogen-bond donors (Lipinski definition) is 1. The van der Waals surface area contributed by atoms with E-state index < -0.39 is 0 Å². The molecule has 0 atom stereocenters. The average Bonchev–Trinajstić information content (AvgIpc) is 2.16. The molecule has 0 fully saturated rings. The summed E-state index contributed by atoms with van der Waals surface area (Å²) in [6.45, 7) is 2.03. The monoisotopic (exact) mass is 191 g/mol. The molecule has 0 bridgehead atoms. The van der Waals surface area contributed by atoms with Crippen molar-refractivity contribution in [2.75, 3.05) is 40.1 Å². The lowest BCUT2D eigenvalue weighted by Crippen LogP contribution is -2.17. The van der Waals surface area contributed by atoms with Gasteiger partial charge in [0.15, 0.2) is 0 Å². The summed E-state index contributed by atoms with van der Waals surface area (Å²) >= 11 is 0. The van der Waals surface area contributed by atoms with Crippen LogP contribution in [0.1, 0.15) is 6.42 Å². The molecule has 0 amide bonds. The van der Waals surface area contributed by atoms with Crippen LogP contribution < -0.4 is 5.73 Å². The Morgan fingerprint density at radius 2 is 2.00 bits per heavy atom. The Morgan fingerprint density at radius 3 is 2.62 bits per heavy atom. The van der Waals surface area contributed by atoms with Gasteiger partial charge in [-0.2, -0.15) is 0 Å². The van der Waals surface area contributed by atoms with E-state index in [4.69, 9.17) is 19.9 Å². The quantitative estimate of drug-likeness (QED) is 0.415. The summed E-state index contributed by atoms with van der Waals surface area (Å²) in [5.41, 5.74) is 5.03. The Labute approximate surface area is 78.1 Å². The molecule has 0 aliphatic heterocycles. The van der Waals surface area contributed by atoms with Crippen LogP contribution in [0.2, 0.25) is 0 Å². The maximum atomic E-state index is 10.5. The maximum Gasteiger partial charge on any atom is 0.319 e. The molecule has 0 aromatic rings. The van der Waals surface area contributed by atoms with Gasteiger partial charge in [-0.25, -0.2) is 0 Å². The second kappa shape index (κ2) is 9.44. The van der Waals surface area contributed by atoms with Crippen molar-refractivity contribution in [2.45, 2.75) is 6.42 Å². The SMILES string of the molecule is COCCOCCCOC(=O)CN. The van der Waals surface area contributed by atoms with Crippen LogP contribution in [0.5, 0.6) is 0 Å². The zero-order valence-corrected chi connectivity index (χ0v) is 7.95. The van der Waals surface area contributed by atoms with E-state index in [1.807, 2.05) is 0 Å². The van der Waals surface area contributed by atoms with E-state index in [0.29, 0.717) is 32.8 Å². The number of ether oxygens (including phenoxy) is 3. The minimum atomic E-state index is -0.378. The van der Waals surface area contributed by atoms with Crippen molar-refractivity contribution >= 4 is 5.97 Å². The zero-order chi connectivity index (χ0) is 9.94. The number of nitrogens with two attached hydrogens (primary N) is 1. The van der Waals surface area contributed by atoms with Gasteiger partial charge in [0.25, 0.3) is 0 Å². The third kappa shape index (κ3) is 9.26. The van der Waals surface area contributed by atoms with Crippen LogP contribution in [-0.4, -0.2) is 46.1 Å². The molecule has 0 saturated heterocycles. The van der Waals surface area contributed by atoms with Gasteiger partial charge in [-0.1, -0.05) is 0 Å². The number of hydrogen-bond acceptors (Lipinski definition) is 5. The van der Waals surface area contributed by atoms with Gasteiger partial charge in [0.1, 0.15) is 0 Å². The highest BCUT2D eigenvalue weighted by Gasteiger charge is 1.96. The molecule has 78 valence electrons. The first-order chi connectivity index (χ1) is 6.31. The smallest absolute Gasteiger partial charge is 0.319 e. The lowest BCUT2D eigenvalue weighted by Gasteiger charge is -2.04. The first-order valence-electron chi connectivity index (χ1n) is 4.23. The topological polar surface area (TPSA) is 70.8 Å². The van der Waals surface area contributed by atoms with Crippen molar-refractivity contribution in [1.82, 2.24) is 0 Å². The van der Waals surface area contributed by atoms with Crippen LogP contribution in [0, 0.1) is 0 Å². The molecular formula is C8H17NO4. The lowest BCUT2D eigenvalue weighted by atomic mass is 10.5. The third-order valence-electron chi connectivity index (χ3n) is 1.29. The van der Waals surface area contributed by atoms with Gasteiger partial charge >= 0.3 is 5.97 Å². The maximum absolute atomic E-state index is 10.5. The summed E-state index contributed by atoms with van der Waals surface area (Å²) in [6.07, 6.45) is 0.690. The number of carbonyl (C=O) groups excluding carboxylic acids is 1. The summed E-state index contributed by atoms with van der Waals surface area (Å²) in [7, 11) is 1.62. The minimum absolute atomic E-state index is 0.0649. The van der Waals surface area contributed by atoms with Gasteiger partial charge in [0, 0.05) is 20.1 Å². The molecule has 0 heterocycles. The van der Waals surface area contributed by atoms with Gasteiger partial charge in [0.05, 0.1) is 26.4 Å². The van der Waals surface area contributed by atoms with Gasteiger partial charge in [-0.3, -0.25) is 4.79 Å². The Kier molecular flexibility index (Phi) is 8.97. The predicted molar refractivity (Wildman–Crippen MR) is 47.3 cm³/mol. The molecule has 0 spiro atoms. The van der Waals surface area contributed by atoms with E-state index in [2.05, 4.69) is 0 Å². The van der Waals surface area contributed by atoms with Crippen molar-refractivity contribution in [3.8, 4) is 0 Å². The van der Waals surface area contributed by atoms with E-state index in [0.717, 1.165) is 0 Å². The second-order valence-corrected chi connectivity index (χ2v) is 2.38. The number of carbonyl (C=O) groups is 1. The molecule has 0 saturated carbocycles. The van der Waals surface area contributed by atoms with E-state index >= 15 is 0 Å². The summed E-state index contributed by atoms with van der Waals surface area (Å²) in [5, 5.41) is 0. The molecule has 0 aromatic heterocycles. The molecular weight excluding hydrogens is 174 g/mol. The Balaban J connectivity index is 2.95. The summed E-state index contributed by atoms with van der Waals surface area (Å²) in [5.74, 6) is -0.378. The summed E-state index contributed by atoms with van der Waals surface area (Å²) < 4.78 is 14.6. The standard InChI is InChI=1S/C8H17NO4/c1-11-5-6-12-3-2-4-13-8(10)7-9/h2-7,9H2,1H3. The molecule has 5 heteroatoms. The van der Waals surface area contributed by atoms with Crippen molar-refractivity contribution in [3.05, 3.63) is 0 Å². The van der Waals surface area contributed by atoms with Crippen molar-refractivity contribution < 1.29 is 19.0 Å². The van der Waals surface area contributed by atoms with Crippen molar-refractivity contribution in [2.24, 2.45) is 5.73 Å². The van der Waals surface area contributed by atoms with E-state index in [-0.39, 0.29) is 12.5 Å². The van der Waals surface area contributed by atoms with Gasteiger partial charge in [0.2, 0.25) is 0 Å². The summed E-state index contributed by atoms with van der Waals surface area (Å²) in [4.78, 5) is 10.5. The van der Waals surface area contributed by atoms with Gasteiger partial charge < -0.3 is 19.9 Å². The normalized spacial score (nSPS) is 10.0. The highest BCUT2D eigenvalue weighted by molar-refractivity contribution is 5.71. The molecule has 5 nitrogen and oxygen atoms in total. The number of esters is 1. The minimum Gasteiger partial charge on any atom is -0.465 e. The molecule has 0 aliphatic rings. The van der Waals surface area contributed by atoms with Crippen molar-refractivity contribution in [3.63, 3.8) is 0 Å². The fourth-order valence-corrected chi connectivity index (χ4v) is 0.650. The molecule has 0 aliphatic carbocycles. The highest BCUT2D eigenvalue weighted by atomic mass is 16.5. The lowest BCUT2D eigenvalue weighted by molar-refractivity contribution is -0.142. The molecule has 0 radical (unpaired) electrons. The molecule has 0 unspecified atom stereocenters. The Bertz CT molecular complexity index is 129. The predicted octanol–water partition coefficient (Wildman–Crippen LogP) is -0.459. The first kappa shape index (κ1) is 12.3. The van der Waals surface area contributed by atoms with E-state index in [9.17, 15) is 4.79 Å². The second-order valence-electron chi connectivity index (χ2n) is 2.38. The molecule has 2 N–H and O–H groups in total. The number of methoxy groups -OCH3 is 1. The summed E-state index contributed by atoms with van der Waals surface area (Å²) in [6, 6.07) is 0. The third-order valence-corrected chi connectivity index (χ3v) is 1.29. The van der Waals surface area contributed by atoms with Crippen LogP contribution >= 0.6 is 0 Å². The Morgan fingerprint density at radius 1 is 1.23 bits per heavy atom. The number of rotatable bonds is 8. The van der Waals surface area contributed by atoms with Gasteiger partial charge in [-0.15, -0.1) is 0 Å². The van der Waals surface area contributed by atoms with Crippen LogP contribution in [0.15, 0.2) is 0 Å². The molecule has 13 heavy (non-hydrogen) atoms. The van der Waals surface area contributed by atoms with Crippen LogP contribution in [-0.2, 0) is 19.0 Å². The van der Waals surface area contributed by atoms with Crippen molar-refractivity contribution in [1.29, 1.82) is 0 Å². The molecule has 0 aromatic carbocycles. The first-order valence-corrected chi connectivity index (χ1v) is 4.23. The fourth-order valence-electron chi connectivity index (χ4n) is 0.650. The van der Waals surface area contributed by atoms with E-state index in [1.54, 1.807) is 7.11 Å². The highest BCUT2D eigenvalue weighted by Crippen LogP contribution is 1.85. The van der Waals surface area contributed by atoms with Gasteiger partial charge in [-0.05, 0) is 0 Å². The van der Waals surface area contributed by atoms with E-state index in [1.165, 1.54) is 0 Å². The molecule has 0 rings (SSSR count).